The molecule has 0 amide bonds. The molecule has 2 nitrogen and oxygen atoms in total. The first-order valence-corrected chi connectivity index (χ1v) is 6.23. The van der Waals surface area contributed by atoms with Crippen molar-refractivity contribution in [3.05, 3.63) is 23.0 Å². The second-order valence-corrected chi connectivity index (χ2v) is 6.19. The Bertz CT molecular complexity index is 413. The molecule has 1 atom stereocenters. The third-order valence-corrected chi connectivity index (χ3v) is 3.55. The van der Waals surface area contributed by atoms with E-state index in [9.17, 15) is 0 Å². The lowest BCUT2D eigenvalue weighted by Crippen LogP contribution is -2.22. The van der Waals surface area contributed by atoms with E-state index in [-0.39, 0.29) is 10.8 Å². The van der Waals surface area contributed by atoms with Gasteiger partial charge in [-0.3, -0.25) is 4.68 Å². The van der Waals surface area contributed by atoms with Gasteiger partial charge in [0, 0.05) is 7.05 Å². The van der Waals surface area contributed by atoms with Gasteiger partial charge in [0.1, 0.15) is 0 Å². The molecular formula is C12H16Cl2N2. The van der Waals surface area contributed by atoms with Crippen LogP contribution < -0.4 is 0 Å². The first-order chi connectivity index (χ1) is 7.39. The third kappa shape index (κ3) is 2.28. The minimum Gasteiger partial charge on any atom is -0.267 e. The van der Waals surface area contributed by atoms with Gasteiger partial charge in [-0.2, -0.15) is 5.10 Å². The molecule has 0 saturated carbocycles. The lowest BCUT2D eigenvalue weighted by molar-refractivity contribution is 0.339. The maximum Gasteiger partial charge on any atom is 0.0862 e. The Morgan fingerprint density at radius 3 is 2.69 bits per heavy atom. The summed E-state index contributed by atoms with van der Waals surface area (Å²) in [5.74, 6) is 0. The number of nitrogens with zero attached hydrogens (tertiary/aromatic N) is 2. The number of aryl methyl sites for hydroxylation is 1. The maximum absolute atomic E-state index is 6.27. The van der Waals surface area contributed by atoms with Crippen LogP contribution in [0, 0.1) is 5.41 Å². The number of hydrogen-bond donors (Lipinski definition) is 0. The molecule has 0 aromatic carbocycles. The van der Waals surface area contributed by atoms with Gasteiger partial charge in [0.2, 0.25) is 0 Å². The van der Waals surface area contributed by atoms with Crippen molar-refractivity contribution < 1.29 is 0 Å². The number of halogens is 2. The van der Waals surface area contributed by atoms with Crippen molar-refractivity contribution >= 4 is 28.8 Å². The Kier molecular flexibility index (Phi) is 3.06. The summed E-state index contributed by atoms with van der Waals surface area (Å²) in [4.78, 5) is 0. The Labute approximate surface area is 106 Å². The summed E-state index contributed by atoms with van der Waals surface area (Å²) in [6.07, 6.45) is 5.79. The molecule has 4 heteroatoms. The van der Waals surface area contributed by atoms with E-state index >= 15 is 0 Å². The van der Waals surface area contributed by atoms with E-state index in [1.54, 1.807) is 6.20 Å². The van der Waals surface area contributed by atoms with Crippen molar-refractivity contribution in [2.75, 3.05) is 0 Å². The van der Waals surface area contributed by atoms with Gasteiger partial charge < -0.3 is 0 Å². The van der Waals surface area contributed by atoms with Crippen LogP contribution in [0.5, 0.6) is 0 Å². The van der Waals surface area contributed by atoms with Crippen LogP contribution in [0.25, 0.3) is 5.57 Å². The molecule has 0 aliphatic heterocycles. The van der Waals surface area contributed by atoms with E-state index in [1.807, 2.05) is 11.7 Å². The van der Waals surface area contributed by atoms with Crippen molar-refractivity contribution in [2.45, 2.75) is 32.1 Å². The summed E-state index contributed by atoms with van der Waals surface area (Å²) in [6.45, 7) is 4.47. The number of rotatable bonds is 1. The van der Waals surface area contributed by atoms with Crippen LogP contribution in [-0.2, 0) is 7.05 Å². The van der Waals surface area contributed by atoms with Gasteiger partial charge in [0.15, 0.2) is 0 Å². The van der Waals surface area contributed by atoms with E-state index in [1.165, 1.54) is 5.57 Å². The van der Waals surface area contributed by atoms with E-state index < -0.39 is 0 Å². The second kappa shape index (κ2) is 4.08. The first-order valence-electron chi connectivity index (χ1n) is 5.42. The summed E-state index contributed by atoms with van der Waals surface area (Å²) < 4.78 is 1.82. The van der Waals surface area contributed by atoms with Crippen LogP contribution in [0.15, 0.2) is 12.3 Å². The largest absolute Gasteiger partial charge is 0.267 e. The zero-order valence-electron chi connectivity index (χ0n) is 9.80. The van der Waals surface area contributed by atoms with Gasteiger partial charge in [-0.15, -0.1) is 11.6 Å². The van der Waals surface area contributed by atoms with Crippen LogP contribution in [-0.4, -0.2) is 15.2 Å². The molecular weight excluding hydrogens is 243 g/mol. The molecule has 0 N–H and O–H groups in total. The van der Waals surface area contributed by atoms with Gasteiger partial charge >= 0.3 is 0 Å². The third-order valence-electron chi connectivity index (χ3n) is 3.00. The summed E-state index contributed by atoms with van der Waals surface area (Å²) in [5, 5.41) is 4.96. The minimum atomic E-state index is 0.0877. The molecule has 2 rings (SSSR count). The van der Waals surface area contributed by atoms with E-state index in [2.05, 4.69) is 25.0 Å². The topological polar surface area (TPSA) is 17.8 Å². The first kappa shape index (κ1) is 12.0. The van der Waals surface area contributed by atoms with E-state index in [0.29, 0.717) is 5.02 Å². The highest BCUT2D eigenvalue weighted by molar-refractivity contribution is 6.32. The number of alkyl halides is 1. The molecule has 1 heterocycles. The molecule has 1 aromatic heterocycles. The summed E-state index contributed by atoms with van der Waals surface area (Å²) >= 11 is 12.4. The van der Waals surface area contributed by atoms with Crippen molar-refractivity contribution in [3.63, 3.8) is 0 Å². The van der Waals surface area contributed by atoms with Gasteiger partial charge in [-0.1, -0.05) is 31.5 Å². The molecule has 1 unspecified atom stereocenters. The lowest BCUT2D eigenvalue weighted by atomic mass is 9.76. The van der Waals surface area contributed by atoms with Crippen LogP contribution in [0.1, 0.15) is 32.4 Å². The van der Waals surface area contributed by atoms with Gasteiger partial charge in [-0.25, -0.2) is 0 Å². The maximum atomic E-state index is 6.27. The minimum absolute atomic E-state index is 0.0877. The van der Waals surface area contributed by atoms with Gasteiger partial charge in [0.25, 0.3) is 0 Å². The SMILES string of the molecule is Cn1ncc(Cl)c1C1=CC(Cl)CC(C)(C)C1. The van der Waals surface area contributed by atoms with Crippen LogP contribution in [0.3, 0.4) is 0 Å². The van der Waals surface area contributed by atoms with Crippen molar-refractivity contribution in [1.29, 1.82) is 0 Å². The van der Waals surface area contributed by atoms with E-state index in [0.717, 1.165) is 18.5 Å². The molecule has 16 heavy (non-hydrogen) atoms. The quantitative estimate of drug-likeness (QED) is 0.700. The zero-order chi connectivity index (χ0) is 11.9. The smallest absolute Gasteiger partial charge is 0.0862 e. The predicted molar refractivity (Wildman–Crippen MR) is 68.9 cm³/mol. The highest BCUT2D eigenvalue weighted by Gasteiger charge is 2.30. The Hall–Kier alpha value is -0.470. The highest BCUT2D eigenvalue weighted by Crippen LogP contribution is 2.42. The molecule has 0 fully saturated rings. The van der Waals surface area contributed by atoms with Crippen LogP contribution in [0.4, 0.5) is 0 Å². The fraction of sp³-hybridized carbons (Fsp3) is 0.583. The summed E-state index contributed by atoms with van der Waals surface area (Å²) in [5.41, 5.74) is 2.44. The average Bonchev–Trinajstić information content (AvgIpc) is 2.42. The number of hydrogen-bond acceptors (Lipinski definition) is 1. The number of allylic oxidation sites excluding steroid dienone is 2. The average molecular weight is 259 g/mol. The second-order valence-electron chi connectivity index (χ2n) is 5.22. The van der Waals surface area contributed by atoms with Gasteiger partial charge in [-0.05, 0) is 23.8 Å². The molecule has 0 radical (unpaired) electrons. The Morgan fingerprint density at radius 2 is 2.19 bits per heavy atom. The fourth-order valence-electron chi connectivity index (χ4n) is 2.39. The summed E-state index contributed by atoms with van der Waals surface area (Å²) in [6, 6.07) is 0. The summed E-state index contributed by atoms with van der Waals surface area (Å²) in [7, 11) is 1.91. The fourth-order valence-corrected chi connectivity index (χ4v) is 3.24. The van der Waals surface area contributed by atoms with Crippen LogP contribution >= 0.6 is 23.2 Å². The molecule has 0 spiro atoms. The normalized spacial score (nSPS) is 24.3. The van der Waals surface area contributed by atoms with Crippen molar-refractivity contribution in [1.82, 2.24) is 9.78 Å². The molecule has 0 saturated heterocycles. The standard InChI is InChI=1S/C12H16Cl2N2/c1-12(2)5-8(4-9(13)6-12)11-10(14)7-15-16(11)3/h4,7,9H,5-6H2,1-3H3. The lowest BCUT2D eigenvalue weighted by Gasteiger charge is -2.32. The van der Waals surface area contributed by atoms with Crippen molar-refractivity contribution in [2.24, 2.45) is 12.5 Å². The van der Waals surface area contributed by atoms with Crippen molar-refractivity contribution in [3.8, 4) is 0 Å². The Balaban J connectivity index is 2.41. The predicted octanol–water partition coefficient (Wildman–Crippen LogP) is 3.88. The molecule has 1 aliphatic carbocycles. The molecule has 0 bridgehead atoms. The number of aromatic nitrogens is 2. The molecule has 88 valence electrons. The molecule has 1 aromatic rings. The van der Waals surface area contributed by atoms with E-state index in [4.69, 9.17) is 23.2 Å². The highest BCUT2D eigenvalue weighted by atomic mass is 35.5. The zero-order valence-corrected chi connectivity index (χ0v) is 11.3. The Morgan fingerprint density at radius 1 is 1.50 bits per heavy atom. The molecule has 1 aliphatic rings. The van der Waals surface area contributed by atoms with Crippen LogP contribution in [0.2, 0.25) is 5.02 Å². The van der Waals surface area contributed by atoms with Gasteiger partial charge in [0.05, 0.1) is 22.3 Å². The monoisotopic (exact) mass is 258 g/mol.